The molecule has 1 unspecified atom stereocenters. The van der Waals surface area contributed by atoms with E-state index in [2.05, 4.69) is 6.92 Å². The van der Waals surface area contributed by atoms with E-state index in [0.717, 1.165) is 17.7 Å². The molecule has 0 bridgehead atoms. The summed E-state index contributed by atoms with van der Waals surface area (Å²) in [5, 5.41) is 9.11. The zero-order valence-corrected chi connectivity index (χ0v) is 10.8. The Morgan fingerprint density at radius 3 is 2.62 bits per heavy atom. The van der Waals surface area contributed by atoms with Gasteiger partial charge in [-0.15, -0.1) is 11.8 Å². The van der Waals surface area contributed by atoms with Crippen molar-refractivity contribution in [1.29, 1.82) is 0 Å². The normalized spacial score (nSPS) is 12.6. The molecule has 1 rings (SSSR count). The van der Waals surface area contributed by atoms with Crippen molar-refractivity contribution in [3.63, 3.8) is 0 Å². The highest BCUT2D eigenvalue weighted by Crippen LogP contribution is 2.32. The first-order valence-electron chi connectivity index (χ1n) is 5.29. The monoisotopic (exact) mass is 241 g/mol. The maximum absolute atomic E-state index is 9.11. The fourth-order valence-electron chi connectivity index (χ4n) is 1.65. The Morgan fingerprint density at radius 2 is 2.19 bits per heavy atom. The lowest BCUT2D eigenvalue weighted by Crippen LogP contribution is -2.16. The summed E-state index contributed by atoms with van der Waals surface area (Å²) in [6.45, 7) is 2.04. The van der Waals surface area contributed by atoms with Crippen LogP contribution in [0.1, 0.15) is 24.1 Å². The van der Waals surface area contributed by atoms with Crippen molar-refractivity contribution in [3.8, 4) is 5.75 Å². The van der Waals surface area contributed by atoms with Gasteiger partial charge in [-0.1, -0.05) is 6.92 Å². The van der Waals surface area contributed by atoms with Crippen molar-refractivity contribution in [2.75, 3.05) is 20.0 Å². The van der Waals surface area contributed by atoms with Gasteiger partial charge in [-0.05, 0) is 30.4 Å². The second-order valence-electron chi connectivity index (χ2n) is 3.55. The molecule has 0 radical (unpaired) electrons. The molecule has 1 atom stereocenters. The van der Waals surface area contributed by atoms with E-state index in [1.54, 1.807) is 18.9 Å². The van der Waals surface area contributed by atoms with Crippen LogP contribution in [0, 0.1) is 0 Å². The lowest BCUT2D eigenvalue weighted by molar-refractivity contribution is 0.264. The highest BCUT2D eigenvalue weighted by atomic mass is 32.2. The molecule has 0 aliphatic rings. The Balaban J connectivity index is 3.25. The maximum Gasteiger partial charge on any atom is 0.124 e. The molecule has 0 aliphatic heterocycles. The van der Waals surface area contributed by atoms with Gasteiger partial charge in [-0.3, -0.25) is 0 Å². The minimum Gasteiger partial charge on any atom is -0.496 e. The van der Waals surface area contributed by atoms with Gasteiger partial charge in [0.1, 0.15) is 5.75 Å². The smallest absolute Gasteiger partial charge is 0.124 e. The molecule has 0 heterocycles. The van der Waals surface area contributed by atoms with Gasteiger partial charge in [0.2, 0.25) is 0 Å². The zero-order valence-electron chi connectivity index (χ0n) is 9.99. The zero-order chi connectivity index (χ0) is 12.1. The van der Waals surface area contributed by atoms with Crippen molar-refractivity contribution in [1.82, 2.24) is 0 Å². The first-order chi connectivity index (χ1) is 7.67. The number of ether oxygens (including phenoxy) is 1. The molecule has 3 nitrogen and oxygen atoms in total. The van der Waals surface area contributed by atoms with Crippen LogP contribution in [0.4, 0.5) is 0 Å². The summed E-state index contributed by atoms with van der Waals surface area (Å²) in [5.41, 5.74) is 7.96. The highest BCUT2D eigenvalue weighted by Gasteiger charge is 2.14. The molecule has 0 aromatic heterocycles. The van der Waals surface area contributed by atoms with E-state index in [-0.39, 0.29) is 12.6 Å². The van der Waals surface area contributed by atoms with Crippen LogP contribution in [-0.2, 0) is 6.42 Å². The Bertz CT molecular complexity index is 355. The molecule has 0 aliphatic carbocycles. The van der Waals surface area contributed by atoms with E-state index in [1.807, 2.05) is 18.4 Å². The lowest BCUT2D eigenvalue weighted by atomic mass is 10.0. The molecule has 16 heavy (non-hydrogen) atoms. The predicted octanol–water partition coefficient (Wildman–Crippen LogP) is 1.97. The second-order valence-corrected chi connectivity index (χ2v) is 4.40. The van der Waals surface area contributed by atoms with Gasteiger partial charge in [0.05, 0.1) is 19.8 Å². The molecule has 1 aromatic rings. The number of benzene rings is 1. The number of methoxy groups -OCH3 is 1. The third-order valence-electron chi connectivity index (χ3n) is 2.61. The average Bonchev–Trinajstić information content (AvgIpc) is 2.35. The standard InChI is InChI=1S/C12H19NO2S/c1-4-8-5-11(15-2)9(10(13)7-14)6-12(8)16-3/h5-6,10,14H,4,7,13H2,1-3H3. The van der Waals surface area contributed by atoms with Gasteiger partial charge >= 0.3 is 0 Å². The Labute approximate surface area is 101 Å². The fourth-order valence-corrected chi connectivity index (χ4v) is 2.36. The van der Waals surface area contributed by atoms with Crippen molar-refractivity contribution < 1.29 is 9.84 Å². The fraction of sp³-hybridized carbons (Fsp3) is 0.500. The molecule has 3 N–H and O–H groups in total. The van der Waals surface area contributed by atoms with Crippen LogP contribution >= 0.6 is 11.8 Å². The minimum absolute atomic E-state index is 0.0738. The molecule has 0 fully saturated rings. The Hall–Kier alpha value is -0.710. The number of hydrogen-bond donors (Lipinski definition) is 2. The Kier molecular flexibility index (Phi) is 5.12. The first-order valence-corrected chi connectivity index (χ1v) is 6.51. The Morgan fingerprint density at radius 1 is 1.50 bits per heavy atom. The number of hydrogen-bond acceptors (Lipinski definition) is 4. The number of nitrogens with two attached hydrogens (primary N) is 1. The molecule has 4 heteroatoms. The van der Waals surface area contributed by atoms with Crippen LogP contribution in [0.25, 0.3) is 0 Å². The molecule has 0 saturated heterocycles. The van der Waals surface area contributed by atoms with Crippen LogP contribution in [0.2, 0.25) is 0 Å². The number of thioether (sulfide) groups is 1. The second kappa shape index (κ2) is 6.13. The summed E-state index contributed by atoms with van der Waals surface area (Å²) in [6.07, 6.45) is 3.00. The number of aliphatic hydroxyl groups excluding tert-OH is 1. The summed E-state index contributed by atoms with van der Waals surface area (Å²) >= 11 is 1.69. The van der Waals surface area contributed by atoms with Crippen LogP contribution in [0.15, 0.2) is 17.0 Å². The van der Waals surface area contributed by atoms with Crippen molar-refractivity contribution in [2.45, 2.75) is 24.3 Å². The average molecular weight is 241 g/mol. The van der Waals surface area contributed by atoms with E-state index in [0.29, 0.717) is 0 Å². The molecule has 1 aromatic carbocycles. The van der Waals surface area contributed by atoms with Crippen LogP contribution < -0.4 is 10.5 Å². The molecule has 0 saturated carbocycles. The third-order valence-corrected chi connectivity index (χ3v) is 3.43. The summed E-state index contributed by atoms with van der Waals surface area (Å²) in [7, 11) is 1.63. The largest absolute Gasteiger partial charge is 0.496 e. The SMILES string of the molecule is CCc1cc(OC)c(C(N)CO)cc1SC. The molecular weight excluding hydrogens is 222 g/mol. The minimum atomic E-state index is -0.383. The van der Waals surface area contributed by atoms with Crippen LogP contribution in [0.3, 0.4) is 0 Å². The van der Waals surface area contributed by atoms with Gasteiger partial charge in [0, 0.05) is 10.5 Å². The number of aliphatic hydroxyl groups is 1. The lowest BCUT2D eigenvalue weighted by Gasteiger charge is -2.17. The number of rotatable bonds is 5. The molecule has 90 valence electrons. The van der Waals surface area contributed by atoms with Gasteiger partial charge in [-0.2, -0.15) is 0 Å². The van der Waals surface area contributed by atoms with E-state index < -0.39 is 0 Å². The summed E-state index contributed by atoms with van der Waals surface area (Å²) in [5.74, 6) is 0.760. The van der Waals surface area contributed by atoms with Crippen LogP contribution in [-0.4, -0.2) is 25.1 Å². The van der Waals surface area contributed by atoms with E-state index in [1.165, 1.54) is 10.5 Å². The number of aryl methyl sites for hydroxylation is 1. The van der Waals surface area contributed by atoms with E-state index in [4.69, 9.17) is 15.6 Å². The first kappa shape index (κ1) is 13.4. The molecule has 0 spiro atoms. The summed E-state index contributed by atoms with van der Waals surface area (Å²) < 4.78 is 5.31. The topological polar surface area (TPSA) is 55.5 Å². The molecule has 0 amide bonds. The van der Waals surface area contributed by atoms with Crippen molar-refractivity contribution in [2.24, 2.45) is 5.73 Å². The third kappa shape index (κ3) is 2.70. The van der Waals surface area contributed by atoms with Gasteiger partial charge in [0.25, 0.3) is 0 Å². The van der Waals surface area contributed by atoms with Gasteiger partial charge < -0.3 is 15.6 Å². The van der Waals surface area contributed by atoms with Gasteiger partial charge in [0.15, 0.2) is 0 Å². The quantitative estimate of drug-likeness (QED) is 0.774. The maximum atomic E-state index is 9.11. The predicted molar refractivity (Wildman–Crippen MR) is 68.2 cm³/mol. The summed E-state index contributed by atoms with van der Waals surface area (Å²) in [4.78, 5) is 1.20. The van der Waals surface area contributed by atoms with E-state index >= 15 is 0 Å². The molecular formula is C12H19NO2S. The summed E-state index contributed by atoms with van der Waals surface area (Å²) in [6, 6.07) is 3.65. The highest BCUT2D eigenvalue weighted by molar-refractivity contribution is 7.98. The van der Waals surface area contributed by atoms with Gasteiger partial charge in [-0.25, -0.2) is 0 Å². The van der Waals surface area contributed by atoms with Crippen molar-refractivity contribution >= 4 is 11.8 Å². The van der Waals surface area contributed by atoms with Crippen molar-refractivity contribution in [3.05, 3.63) is 23.3 Å². The van der Waals surface area contributed by atoms with E-state index in [9.17, 15) is 0 Å². The van der Waals surface area contributed by atoms with Crippen LogP contribution in [0.5, 0.6) is 5.75 Å².